The second-order valence-electron chi connectivity index (χ2n) is 4.73. The average molecular weight is 352 g/mol. The molecule has 1 atom stereocenters. The molecule has 102 valence electrons. The van der Waals surface area contributed by atoms with Gasteiger partial charge in [-0.25, -0.2) is 0 Å². The van der Waals surface area contributed by atoms with E-state index < -0.39 is 0 Å². The molecule has 0 aromatic carbocycles. The van der Waals surface area contributed by atoms with E-state index in [1.54, 1.807) is 11.3 Å². The molecule has 0 bridgehead atoms. The van der Waals surface area contributed by atoms with Gasteiger partial charge in [-0.05, 0) is 60.9 Å². The first-order chi connectivity index (χ1) is 8.70. The molecule has 0 aliphatic carbocycles. The summed E-state index contributed by atoms with van der Waals surface area (Å²) in [5, 5.41) is 3.48. The van der Waals surface area contributed by atoms with Crippen molar-refractivity contribution in [3.05, 3.63) is 19.8 Å². The van der Waals surface area contributed by atoms with Gasteiger partial charge in [0.25, 0.3) is 0 Å². The number of thiophene rings is 1. The van der Waals surface area contributed by atoms with Crippen molar-refractivity contribution < 1.29 is 0 Å². The standard InChI is InChI=1S/C13H20BrClN2S/c1-2-17(10-4-3-6-16-7-5-10)9-11-8-12(14)13(15)18-11/h8,10,16H,2-7,9H2,1H3. The lowest BCUT2D eigenvalue weighted by Gasteiger charge is -2.29. The van der Waals surface area contributed by atoms with Gasteiger partial charge in [-0.2, -0.15) is 0 Å². The average Bonchev–Trinajstić information content (AvgIpc) is 2.60. The molecule has 2 nitrogen and oxygen atoms in total. The summed E-state index contributed by atoms with van der Waals surface area (Å²) in [6.45, 7) is 6.71. The Morgan fingerprint density at radius 3 is 3.00 bits per heavy atom. The van der Waals surface area contributed by atoms with Gasteiger partial charge in [0.05, 0.1) is 0 Å². The topological polar surface area (TPSA) is 15.3 Å². The molecule has 0 radical (unpaired) electrons. The molecular weight excluding hydrogens is 332 g/mol. The van der Waals surface area contributed by atoms with Gasteiger partial charge in [0.1, 0.15) is 4.34 Å². The number of hydrogen-bond donors (Lipinski definition) is 1. The minimum absolute atomic E-state index is 0.713. The van der Waals surface area contributed by atoms with Crippen LogP contribution in [0, 0.1) is 0 Å². The van der Waals surface area contributed by atoms with E-state index in [1.807, 2.05) is 0 Å². The highest BCUT2D eigenvalue weighted by atomic mass is 79.9. The van der Waals surface area contributed by atoms with Crippen LogP contribution in [0.3, 0.4) is 0 Å². The van der Waals surface area contributed by atoms with Gasteiger partial charge in [0, 0.05) is 21.9 Å². The summed E-state index contributed by atoms with van der Waals surface area (Å²) in [4.78, 5) is 3.94. The molecule has 1 aromatic rings. The molecule has 18 heavy (non-hydrogen) atoms. The summed E-state index contributed by atoms with van der Waals surface area (Å²) >= 11 is 11.3. The van der Waals surface area contributed by atoms with Crippen molar-refractivity contribution in [2.75, 3.05) is 19.6 Å². The Morgan fingerprint density at radius 1 is 1.50 bits per heavy atom. The molecule has 1 fully saturated rings. The molecule has 2 heterocycles. The molecule has 0 amide bonds. The smallest absolute Gasteiger partial charge is 0.107 e. The maximum absolute atomic E-state index is 6.11. The lowest BCUT2D eigenvalue weighted by Crippen LogP contribution is -2.35. The van der Waals surface area contributed by atoms with Crippen LogP contribution < -0.4 is 5.32 Å². The van der Waals surface area contributed by atoms with Gasteiger partial charge in [0.15, 0.2) is 0 Å². The predicted molar refractivity (Wildman–Crippen MR) is 83.6 cm³/mol. The number of rotatable bonds is 4. The SMILES string of the molecule is CCN(Cc1cc(Br)c(Cl)s1)C1CCCNCC1. The Hall–Kier alpha value is 0.390. The van der Waals surface area contributed by atoms with E-state index in [-0.39, 0.29) is 0 Å². The minimum atomic E-state index is 0.713. The molecule has 1 aromatic heterocycles. The fourth-order valence-electron chi connectivity index (χ4n) is 2.53. The molecule has 1 unspecified atom stereocenters. The van der Waals surface area contributed by atoms with E-state index in [0.29, 0.717) is 6.04 Å². The first kappa shape index (κ1) is 14.8. The van der Waals surface area contributed by atoms with Crippen molar-refractivity contribution >= 4 is 38.9 Å². The summed E-state index contributed by atoms with van der Waals surface area (Å²) in [5.74, 6) is 0. The Bertz CT molecular complexity index is 356. The molecule has 2 rings (SSSR count). The van der Waals surface area contributed by atoms with Crippen LogP contribution in [0.1, 0.15) is 31.1 Å². The van der Waals surface area contributed by atoms with Crippen LogP contribution in [0.4, 0.5) is 0 Å². The Kier molecular flexibility index (Phi) is 5.96. The number of hydrogen-bond acceptors (Lipinski definition) is 3. The summed E-state index contributed by atoms with van der Waals surface area (Å²) in [7, 11) is 0. The van der Waals surface area contributed by atoms with Crippen LogP contribution in [0.5, 0.6) is 0 Å². The fourth-order valence-corrected chi connectivity index (χ4v) is 4.35. The Morgan fingerprint density at radius 2 is 2.33 bits per heavy atom. The van der Waals surface area contributed by atoms with E-state index in [1.165, 1.54) is 30.7 Å². The van der Waals surface area contributed by atoms with Crippen molar-refractivity contribution in [1.82, 2.24) is 10.2 Å². The lowest BCUT2D eigenvalue weighted by molar-refractivity contribution is 0.184. The van der Waals surface area contributed by atoms with Crippen LogP contribution in [0.25, 0.3) is 0 Å². The Labute approximate surface area is 127 Å². The molecule has 1 aliphatic heterocycles. The third-order valence-corrected chi connectivity index (χ3v) is 5.98. The molecule has 1 aliphatic rings. The highest BCUT2D eigenvalue weighted by molar-refractivity contribution is 9.10. The van der Waals surface area contributed by atoms with Crippen molar-refractivity contribution in [3.63, 3.8) is 0 Å². The second kappa shape index (κ2) is 7.25. The van der Waals surface area contributed by atoms with Gasteiger partial charge < -0.3 is 5.32 Å². The first-order valence-electron chi connectivity index (χ1n) is 6.59. The monoisotopic (exact) mass is 350 g/mol. The second-order valence-corrected chi connectivity index (χ2v) is 7.33. The predicted octanol–water partition coefficient (Wildman–Crippen LogP) is 4.13. The van der Waals surface area contributed by atoms with Crippen LogP contribution in [-0.2, 0) is 6.54 Å². The zero-order chi connectivity index (χ0) is 13.0. The van der Waals surface area contributed by atoms with Crippen LogP contribution in [-0.4, -0.2) is 30.6 Å². The van der Waals surface area contributed by atoms with Gasteiger partial charge in [-0.1, -0.05) is 18.5 Å². The Balaban J connectivity index is 1.99. The number of nitrogens with zero attached hydrogens (tertiary/aromatic N) is 1. The van der Waals surface area contributed by atoms with Crippen LogP contribution in [0.15, 0.2) is 10.5 Å². The van der Waals surface area contributed by atoms with Crippen molar-refractivity contribution in [1.29, 1.82) is 0 Å². The highest BCUT2D eigenvalue weighted by Crippen LogP contribution is 2.33. The van der Waals surface area contributed by atoms with Crippen molar-refractivity contribution in [2.45, 2.75) is 38.8 Å². The zero-order valence-corrected chi connectivity index (χ0v) is 13.9. The van der Waals surface area contributed by atoms with E-state index in [0.717, 1.165) is 28.4 Å². The summed E-state index contributed by atoms with van der Waals surface area (Å²) in [6.07, 6.45) is 3.85. The minimum Gasteiger partial charge on any atom is -0.317 e. The summed E-state index contributed by atoms with van der Waals surface area (Å²) in [5.41, 5.74) is 0. The molecule has 0 saturated carbocycles. The van der Waals surface area contributed by atoms with E-state index in [9.17, 15) is 0 Å². The molecule has 1 N–H and O–H groups in total. The maximum atomic E-state index is 6.11. The quantitative estimate of drug-likeness (QED) is 0.877. The van der Waals surface area contributed by atoms with E-state index >= 15 is 0 Å². The maximum Gasteiger partial charge on any atom is 0.107 e. The van der Waals surface area contributed by atoms with Gasteiger partial charge in [-0.3, -0.25) is 4.90 Å². The van der Waals surface area contributed by atoms with Crippen molar-refractivity contribution in [2.24, 2.45) is 0 Å². The van der Waals surface area contributed by atoms with Gasteiger partial charge >= 0.3 is 0 Å². The molecule has 1 saturated heterocycles. The van der Waals surface area contributed by atoms with Crippen LogP contribution >= 0.6 is 38.9 Å². The summed E-state index contributed by atoms with van der Waals surface area (Å²) < 4.78 is 1.89. The molecule has 0 spiro atoms. The van der Waals surface area contributed by atoms with E-state index in [2.05, 4.69) is 39.1 Å². The van der Waals surface area contributed by atoms with Gasteiger partial charge in [0.2, 0.25) is 0 Å². The number of halogens is 2. The zero-order valence-electron chi connectivity index (χ0n) is 10.7. The van der Waals surface area contributed by atoms with Crippen molar-refractivity contribution in [3.8, 4) is 0 Å². The van der Waals surface area contributed by atoms with Crippen LogP contribution in [0.2, 0.25) is 4.34 Å². The lowest BCUT2D eigenvalue weighted by atomic mass is 10.1. The summed E-state index contributed by atoms with van der Waals surface area (Å²) in [6, 6.07) is 2.87. The molecule has 5 heteroatoms. The third-order valence-electron chi connectivity index (χ3n) is 3.52. The fraction of sp³-hybridized carbons (Fsp3) is 0.692. The normalized spacial score (nSPS) is 21.2. The molecular formula is C13H20BrClN2S. The van der Waals surface area contributed by atoms with E-state index in [4.69, 9.17) is 11.6 Å². The largest absolute Gasteiger partial charge is 0.317 e. The highest BCUT2D eigenvalue weighted by Gasteiger charge is 2.19. The third kappa shape index (κ3) is 3.94. The first-order valence-corrected chi connectivity index (χ1v) is 8.58. The van der Waals surface area contributed by atoms with Gasteiger partial charge in [-0.15, -0.1) is 11.3 Å². The number of nitrogens with one attached hydrogen (secondary N) is 1.